The number of hydrogen-bond donors (Lipinski definition) is 1. The molecule has 0 radical (unpaired) electrons. The first-order valence-electron chi connectivity index (χ1n) is 9.22. The van der Waals surface area contributed by atoms with Gasteiger partial charge in [-0.15, -0.1) is 0 Å². The number of rotatable bonds is 7. The molecule has 3 rings (SSSR count). The van der Waals surface area contributed by atoms with Crippen LogP contribution in [0.4, 0.5) is 5.69 Å². The van der Waals surface area contributed by atoms with Crippen molar-refractivity contribution in [3.05, 3.63) is 66.2 Å². The quantitative estimate of drug-likeness (QED) is 0.665. The number of nitrogens with one attached hydrogen (secondary N) is 1. The van der Waals surface area contributed by atoms with Crippen LogP contribution in [0.5, 0.6) is 11.5 Å². The van der Waals surface area contributed by atoms with Crippen molar-refractivity contribution in [3.8, 4) is 11.5 Å². The molecule has 0 saturated heterocycles. The van der Waals surface area contributed by atoms with Gasteiger partial charge < -0.3 is 14.8 Å². The van der Waals surface area contributed by atoms with E-state index in [1.54, 1.807) is 14.2 Å². The topological polar surface area (TPSA) is 50.8 Å². The summed E-state index contributed by atoms with van der Waals surface area (Å²) in [5.41, 5.74) is 1.85. The Hall–Kier alpha value is -3.05. The molecule has 3 aromatic carbocycles. The van der Waals surface area contributed by atoms with Gasteiger partial charge in [0.1, 0.15) is 0 Å². The number of methoxy groups -OCH3 is 2. The second-order valence-electron chi connectivity index (χ2n) is 6.83. The minimum atomic E-state index is -0.292. The predicted molar refractivity (Wildman–Crippen MR) is 113 cm³/mol. The van der Waals surface area contributed by atoms with Crippen LogP contribution in [-0.4, -0.2) is 38.1 Å². The summed E-state index contributed by atoms with van der Waals surface area (Å²) in [7, 11) is 5.16. The maximum atomic E-state index is 12.7. The summed E-state index contributed by atoms with van der Waals surface area (Å²) in [6, 6.07) is 19.5. The molecular formula is C23H26N2O3. The number of anilines is 1. The van der Waals surface area contributed by atoms with Gasteiger partial charge in [0.2, 0.25) is 5.91 Å². The van der Waals surface area contributed by atoms with Crippen molar-refractivity contribution < 1.29 is 14.3 Å². The highest BCUT2D eigenvalue weighted by atomic mass is 16.5. The van der Waals surface area contributed by atoms with Crippen molar-refractivity contribution in [2.45, 2.75) is 19.5 Å². The zero-order chi connectivity index (χ0) is 20.1. The molecule has 146 valence electrons. The Labute approximate surface area is 165 Å². The van der Waals surface area contributed by atoms with Crippen molar-refractivity contribution in [3.63, 3.8) is 0 Å². The van der Waals surface area contributed by atoms with Crippen LogP contribution in [0.3, 0.4) is 0 Å². The molecule has 0 fully saturated rings. The molecule has 0 unspecified atom stereocenters. The summed E-state index contributed by atoms with van der Waals surface area (Å²) >= 11 is 0. The minimum Gasteiger partial charge on any atom is -0.493 e. The number of hydrogen-bond acceptors (Lipinski definition) is 4. The number of ether oxygens (including phenoxy) is 2. The number of carbonyl (C=O) groups is 1. The number of likely N-dealkylation sites (N-methyl/N-ethyl adjacent to an activating group) is 1. The fourth-order valence-corrected chi connectivity index (χ4v) is 3.12. The van der Waals surface area contributed by atoms with Gasteiger partial charge in [-0.1, -0.05) is 36.4 Å². The molecule has 1 amide bonds. The Morgan fingerprint density at radius 1 is 0.964 bits per heavy atom. The Bertz CT molecular complexity index is 971. The lowest BCUT2D eigenvalue weighted by Crippen LogP contribution is -2.39. The molecule has 0 aliphatic rings. The molecule has 0 saturated carbocycles. The van der Waals surface area contributed by atoms with Crippen molar-refractivity contribution in [2.24, 2.45) is 0 Å². The fourth-order valence-electron chi connectivity index (χ4n) is 3.12. The van der Waals surface area contributed by atoms with E-state index in [9.17, 15) is 4.79 Å². The Kier molecular flexibility index (Phi) is 6.16. The Balaban J connectivity index is 1.66. The van der Waals surface area contributed by atoms with E-state index in [1.807, 2.05) is 73.5 Å². The molecule has 0 bridgehead atoms. The number of nitrogens with zero attached hydrogens (tertiary/aromatic N) is 1. The van der Waals surface area contributed by atoms with E-state index in [2.05, 4.69) is 11.4 Å². The lowest BCUT2D eigenvalue weighted by Gasteiger charge is -2.24. The molecular weight excluding hydrogens is 352 g/mol. The van der Waals surface area contributed by atoms with Gasteiger partial charge in [-0.2, -0.15) is 0 Å². The average molecular weight is 378 g/mol. The van der Waals surface area contributed by atoms with Crippen LogP contribution in [0.2, 0.25) is 0 Å². The minimum absolute atomic E-state index is 0.0433. The molecule has 1 N–H and O–H groups in total. The zero-order valence-electron chi connectivity index (χ0n) is 16.7. The third kappa shape index (κ3) is 4.43. The van der Waals surface area contributed by atoms with E-state index >= 15 is 0 Å². The van der Waals surface area contributed by atoms with E-state index in [4.69, 9.17) is 9.47 Å². The lowest BCUT2D eigenvalue weighted by molar-refractivity contribution is -0.120. The van der Waals surface area contributed by atoms with E-state index in [1.165, 1.54) is 0 Å². The largest absolute Gasteiger partial charge is 0.493 e. The van der Waals surface area contributed by atoms with Crippen molar-refractivity contribution in [1.29, 1.82) is 0 Å². The highest BCUT2D eigenvalue weighted by molar-refractivity contribution is 5.97. The monoisotopic (exact) mass is 378 g/mol. The first-order valence-corrected chi connectivity index (χ1v) is 9.22. The maximum Gasteiger partial charge on any atom is 0.241 e. The first-order chi connectivity index (χ1) is 13.5. The third-order valence-electron chi connectivity index (χ3n) is 4.94. The molecule has 5 heteroatoms. The van der Waals surface area contributed by atoms with Crippen LogP contribution >= 0.6 is 0 Å². The molecule has 0 aromatic heterocycles. The molecule has 1 atom stereocenters. The molecule has 0 heterocycles. The number of carbonyl (C=O) groups excluding carboxylic acids is 1. The van der Waals surface area contributed by atoms with Crippen LogP contribution in [0, 0.1) is 0 Å². The van der Waals surface area contributed by atoms with Crippen LogP contribution in [0.1, 0.15) is 12.5 Å². The van der Waals surface area contributed by atoms with Crippen LogP contribution in [0.25, 0.3) is 10.8 Å². The van der Waals surface area contributed by atoms with Gasteiger partial charge in [0.05, 0.1) is 20.3 Å². The summed E-state index contributed by atoms with van der Waals surface area (Å²) in [4.78, 5) is 14.7. The zero-order valence-corrected chi connectivity index (χ0v) is 16.7. The summed E-state index contributed by atoms with van der Waals surface area (Å²) in [5, 5.41) is 5.27. The van der Waals surface area contributed by atoms with Crippen molar-refractivity contribution >= 4 is 22.4 Å². The van der Waals surface area contributed by atoms with Gasteiger partial charge in [0.25, 0.3) is 0 Å². The maximum absolute atomic E-state index is 12.7. The molecule has 28 heavy (non-hydrogen) atoms. The second kappa shape index (κ2) is 8.76. The summed E-state index contributed by atoms with van der Waals surface area (Å²) in [5.74, 6) is 1.33. The van der Waals surface area contributed by atoms with Gasteiger partial charge in [-0.05, 0) is 54.6 Å². The molecule has 0 aliphatic carbocycles. The number of fused-ring (bicyclic) bond motifs is 1. The van der Waals surface area contributed by atoms with Crippen LogP contribution in [-0.2, 0) is 11.3 Å². The number of amides is 1. The van der Waals surface area contributed by atoms with Crippen molar-refractivity contribution in [1.82, 2.24) is 4.90 Å². The predicted octanol–water partition coefficient (Wildman–Crippen LogP) is 4.32. The van der Waals surface area contributed by atoms with E-state index in [0.717, 1.165) is 22.0 Å². The van der Waals surface area contributed by atoms with E-state index in [-0.39, 0.29) is 11.9 Å². The molecule has 3 aromatic rings. The molecule has 0 spiro atoms. The Morgan fingerprint density at radius 2 is 1.68 bits per heavy atom. The summed E-state index contributed by atoms with van der Waals surface area (Å²) < 4.78 is 10.6. The summed E-state index contributed by atoms with van der Waals surface area (Å²) in [6.45, 7) is 2.52. The SMILES string of the molecule is COc1ccc(CN(C)[C@H](C)C(=O)Nc2ccc3ccccc3c2)cc1OC. The second-order valence-corrected chi connectivity index (χ2v) is 6.83. The normalized spacial score (nSPS) is 12.0. The lowest BCUT2D eigenvalue weighted by atomic mass is 10.1. The average Bonchev–Trinajstić information content (AvgIpc) is 2.72. The highest BCUT2D eigenvalue weighted by Crippen LogP contribution is 2.28. The van der Waals surface area contributed by atoms with Gasteiger partial charge in [0.15, 0.2) is 11.5 Å². The van der Waals surface area contributed by atoms with Crippen molar-refractivity contribution in [2.75, 3.05) is 26.6 Å². The van der Waals surface area contributed by atoms with Gasteiger partial charge >= 0.3 is 0 Å². The molecule has 0 aliphatic heterocycles. The van der Waals surface area contributed by atoms with E-state index < -0.39 is 0 Å². The number of benzene rings is 3. The first kappa shape index (κ1) is 19.7. The van der Waals surface area contributed by atoms with Crippen LogP contribution < -0.4 is 14.8 Å². The summed E-state index contributed by atoms with van der Waals surface area (Å²) in [6.07, 6.45) is 0. The van der Waals surface area contributed by atoms with Crippen LogP contribution in [0.15, 0.2) is 60.7 Å². The third-order valence-corrected chi connectivity index (χ3v) is 4.94. The Morgan fingerprint density at radius 3 is 2.39 bits per heavy atom. The smallest absolute Gasteiger partial charge is 0.241 e. The highest BCUT2D eigenvalue weighted by Gasteiger charge is 2.19. The fraction of sp³-hybridized carbons (Fsp3) is 0.261. The van der Waals surface area contributed by atoms with Gasteiger partial charge in [-0.3, -0.25) is 9.69 Å². The molecule has 5 nitrogen and oxygen atoms in total. The standard InChI is InChI=1S/C23H26N2O3/c1-16(25(2)15-17-9-12-21(27-3)22(13-17)28-4)23(26)24-20-11-10-18-7-5-6-8-19(18)14-20/h5-14,16H,15H2,1-4H3,(H,24,26)/t16-/m1/s1. The van der Waals surface area contributed by atoms with E-state index in [0.29, 0.717) is 18.0 Å². The van der Waals surface area contributed by atoms with Gasteiger partial charge in [0, 0.05) is 12.2 Å². The van der Waals surface area contributed by atoms with Gasteiger partial charge in [-0.25, -0.2) is 0 Å².